The Bertz CT molecular complexity index is 634. The second-order valence-corrected chi connectivity index (χ2v) is 5.74. The molecule has 0 aliphatic carbocycles. The topological polar surface area (TPSA) is 79.2 Å². The highest BCUT2D eigenvalue weighted by Crippen LogP contribution is 2.40. The van der Waals surface area contributed by atoms with Gasteiger partial charge in [-0.3, -0.25) is 4.52 Å². The number of rotatable bonds is 3. The van der Waals surface area contributed by atoms with Crippen molar-refractivity contribution in [2.45, 2.75) is 0 Å². The van der Waals surface area contributed by atoms with Crippen molar-refractivity contribution in [1.82, 2.24) is 0 Å². The summed E-state index contributed by atoms with van der Waals surface area (Å²) in [5.41, 5.74) is 2.75. The Morgan fingerprint density at radius 2 is 2.15 bits per heavy atom. The highest BCUT2D eigenvalue weighted by atomic mass is 31.2. The van der Waals surface area contributed by atoms with Crippen LogP contribution in [0.1, 0.15) is 11.1 Å². The number of phosphoric ester groups is 1. The number of phosphoric acid groups is 1. The minimum atomic E-state index is -4.48. The first-order valence-electron chi connectivity index (χ1n) is 6.12. The molecule has 20 heavy (non-hydrogen) atoms. The Balaban J connectivity index is 1.92. The molecule has 0 amide bonds. The highest BCUT2D eigenvalue weighted by molar-refractivity contribution is 7.46. The van der Waals surface area contributed by atoms with Gasteiger partial charge in [0.2, 0.25) is 0 Å². The van der Waals surface area contributed by atoms with Crippen LogP contribution in [-0.2, 0) is 9.09 Å². The van der Waals surface area contributed by atoms with Crippen molar-refractivity contribution in [3.05, 3.63) is 35.4 Å². The number of ether oxygens (including phenoxy) is 1. The molecule has 106 valence electrons. The summed E-state index contributed by atoms with van der Waals surface area (Å²) in [6, 6.07) is 3.83. The van der Waals surface area contributed by atoms with Gasteiger partial charge in [-0.15, -0.1) is 0 Å². The van der Waals surface area contributed by atoms with Crippen LogP contribution in [0.3, 0.4) is 0 Å². The number of anilines is 1. The Hall–Kier alpha value is -1.59. The Kier molecular flexibility index (Phi) is 3.40. The summed E-state index contributed by atoms with van der Waals surface area (Å²) in [5, 5.41) is 0. The van der Waals surface area contributed by atoms with Crippen LogP contribution in [0.2, 0.25) is 0 Å². The van der Waals surface area contributed by atoms with E-state index in [2.05, 4.69) is 4.52 Å². The number of nitrogens with zero attached hydrogens (tertiary/aromatic N) is 1. The lowest BCUT2D eigenvalue weighted by molar-refractivity contribution is 0.197. The normalized spacial score (nSPS) is 16.6. The van der Waals surface area contributed by atoms with Gasteiger partial charge in [0.15, 0.2) is 0 Å². The molecule has 0 radical (unpaired) electrons. The molecule has 0 saturated carbocycles. The van der Waals surface area contributed by atoms with E-state index in [1.807, 2.05) is 36.4 Å². The molecule has 1 aromatic rings. The largest absolute Gasteiger partial charge is 0.488 e. The third-order valence-electron chi connectivity index (χ3n) is 3.16. The lowest BCUT2D eigenvalue weighted by Gasteiger charge is -2.30. The molecule has 0 unspecified atom stereocenters. The van der Waals surface area contributed by atoms with Gasteiger partial charge in [0.1, 0.15) is 19.1 Å². The van der Waals surface area contributed by atoms with E-state index in [-0.39, 0.29) is 6.73 Å². The Morgan fingerprint density at radius 3 is 2.95 bits per heavy atom. The molecule has 0 spiro atoms. The third-order valence-corrected chi connectivity index (χ3v) is 3.61. The average molecular weight is 295 g/mol. The molecule has 7 heteroatoms. The number of fused-ring (bicyclic) bond motifs is 3. The van der Waals surface area contributed by atoms with Crippen LogP contribution >= 0.6 is 7.82 Å². The molecule has 0 atom stereocenters. The molecule has 0 fully saturated rings. The maximum Gasteiger partial charge on any atom is 0.471 e. The first-order valence-corrected chi connectivity index (χ1v) is 7.65. The first-order chi connectivity index (χ1) is 9.54. The van der Waals surface area contributed by atoms with Crippen molar-refractivity contribution >= 4 is 25.7 Å². The van der Waals surface area contributed by atoms with Crippen LogP contribution in [0.25, 0.3) is 12.2 Å². The molecule has 0 aromatic heterocycles. The quantitative estimate of drug-likeness (QED) is 0.830. The summed E-state index contributed by atoms with van der Waals surface area (Å²) in [5.74, 6) is 0.794. The zero-order chi connectivity index (χ0) is 14.2. The van der Waals surface area contributed by atoms with Crippen molar-refractivity contribution < 1.29 is 23.6 Å². The summed E-state index contributed by atoms with van der Waals surface area (Å²) in [6.07, 6.45) is 7.81. The first kappa shape index (κ1) is 13.4. The number of benzene rings is 1. The van der Waals surface area contributed by atoms with Gasteiger partial charge >= 0.3 is 7.82 Å². The lowest BCUT2D eigenvalue weighted by atomic mass is 10.0. The Labute approximate surface area is 116 Å². The molecule has 2 N–H and O–H groups in total. The van der Waals surface area contributed by atoms with Crippen LogP contribution in [0, 0.1) is 0 Å². The second kappa shape index (κ2) is 5.07. The van der Waals surface area contributed by atoms with Gasteiger partial charge in [0.25, 0.3) is 0 Å². The molecule has 6 nitrogen and oxygen atoms in total. The van der Waals surface area contributed by atoms with Gasteiger partial charge < -0.3 is 19.4 Å². The van der Waals surface area contributed by atoms with Crippen LogP contribution in [-0.4, -0.2) is 29.7 Å². The summed E-state index contributed by atoms with van der Waals surface area (Å²) < 4.78 is 21.0. The molecule has 3 rings (SSSR count). The Morgan fingerprint density at radius 1 is 1.30 bits per heavy atom. The molecule has 0 saturated heterocycles. The van der Waals surface area contributed by atoms with E-state index in [1.54, 1.807) is 4.90 Å². The van der Waals surface area contributed by atoms with E-state index in [4.69, 9.17) is 14.5 Å². The predicted octanol–water partition coefficient (Wildman–Crippen LogP) is 1.99. The summed E-state index contributed by atoms with van der Waals surface area (Å²) in [7, 11) is -4.48. The zero-order valence-corrected chi connectivity index (χ0v) is 11.5. The van der Waals surface area contributed by atoms with Gasteiger partial charge in [0, 0.05) is 23.4 Å². The molecular weight excluding hydrogens is 281 g/mol. The molecule has 2 aliphatic rings. The summed E-state index contributed by atoms with van der Waals surface area (Å²) in [4.78, 5) is 19.3. The average Bonchev–Trinajstić information content (AvgIpc) is 2.44. The van der Waals surface area contributed by atoms with E-state index < -0.39 is 7.82 Å². The molecule has 1 aromatic carbocycles. The fraction of sp³-hybridized carbons (Fsp3) is 0.231. The van der Waals surface area contributed by atoms with E-state index in [0.717, 1.165) is 22.6 Å². The lowest BCUT2D eigenvalue weighted by Crippen LogP contribution is -2.28. The predicted molar refractivity (Wildman–Crippen MR) is 75.3 cm³/mol. The third kappa shape index (κ3) is 2.64. The van der Waals surface area contributed by atoms with Crippen molar-refractivity contribution in [3.8, 4) is 5.75 Å². The maximum atomic E-state index is 10.8. The van der Waals surface area contributed by atoms with E-state index in [1.165, 1.54) is 0 Å². The van der Waals surface area contributed by atoms with Gasteiger partial charge in [-0.05, 0) is 18.2 Å². The van der Waals surface area contributed by atoms with Crippen molar-refractivity contribution in [3.63, 3.8) is 0 Å². The summed E-state index contributed by atoms with van der Waals surface area (Å²) in [6.45, 7) is 0.883. The smallest absolute Gasteiger partial charge is 0.471 e. The fourth-order valence-corrected chi connectivity index (χ4v) is 2.59. The molecule has 2 aliphatic heterocycles. The van der Waals surface area contributed by atoms with Crippen LogP contribution < -0.4 is 9.64 Å². The maximum absolute atomic E-state index is 10.8. The molecular formula is C13H14NO5P. The van der Waals surface area contributed by atoms with Gasteiger partial charge in [-0.1, -0.05) is 18.2 Å². The highest BCUT2D eigenvalue weighted by Gasteiger charge is 2.22. The number of hydrogen-bond acceptors (Lipinski definition) is 4. The van der Waals surface area contributed by atoms with Crippen molar-refractivity contribution in [2.24, 2.45) is 0 Å². The van der Waals surface area contributed by atoms with Gasteiger partial charge in [-0.2, -0.15) is 0 Å². The second-order valence-electron chi connectivity index (χ2n) is 4.50. The minimum Gasteiger partial charge on any atom is -0.488 e. The van der Waals surface area contributed by atoms with Crippen LogP contribution in [0.5, 0.6) is 5.75 Å². The standard InChI is InChI=1S/C13H14NO5P/c15-20(16,17)19-9-14-7-1-4-11-12(14)6-5-10-3-2-8-18-13(10)11/h1-6H,7-9H2,(H2,15,16,17). The van der Waals surface area contributed by atoms with E-state index in [9.17, 15) is 4.57 Å². The molecule has 0 bridgehead atoms. The monoisotopic (exact) mass is 295 g/mol. The zero-order valence-electron chi connectivity index (χ0n) is 10.6. The number of hydrogen-bond donors (Lipinski definition) is 2. The van der Waals surface area contributed by atoms with Gasteiger partial charge in [0.05, 0.1) is 0 Å². The van der Waals surface area contributed by atoms with Crippen LogP contribution in [0.4, 0.5) is 5.69 Å². The van der Waals surface area contributed by atoms with Crippen molar-refractivity contribution in [1.29, 1.82) is 0 Å². The summed E-state index contributed by atoms with van der Waals surface area (Å²) >= 11 is 0. The molecule has 2 heterocycles. The SMILES string of the molecule is O=P(O)(O)OCN1CC=Cc2c1ccc1c2OCC=C1. The van der Waals surface area contributed by atoms with E-state index in [0.29, 0.717) is 13.2 Å². The minimum absolute atomic E-state index is 0.170. The fourth-order valence-electron chi connectivity index (χ4n) is 2.30. The van der Waals surface area contributed by atoms with E-state index >= 15 is 0 Å². The van der Waals surface area contributed by atoms with Crippen LogP contribution in [0.15, 0.2) is 24.3 Å². The van der Waals surface area contributed by atoms with Crippen molar-refractivity contribution in [2.75, 3.05) is 24.8 Å². The van der Waals surface area contributed by atoms with Gasteiger partial charge in [-0.25, -0.2) is 4.57 Å².